The number of amides is 2. The van der Waals surface area contributed by atoms with E-state index in [4.69, 9.17) is 4.74 Å². The maximum atomic E-state index is 12.7. The number of pyridine rings is 1. The van der Waals surface area contributed by atoms with Crippen LogP contribution >= 0.6 is 0 Å². The molecule has 2 N–H and O–H groups in total. The second kappa shape index (κ2) is 8.32. The number of carbonyl (C=O) groups excluding carboxylic acids is 2. The van der Waals surface area contributed by atoms with Gasteiger partial charge in [-0.3, -0.25) is 9.78 Å². The Labute approximate surface area is 149 Å². The molecule has 1 aromatic heterocycles. The average Bonchev–Trinajstić information content (AvgIpc) is 3.00. The molecule has 6 nitrogen and oxygen atoms in total. The van der Waals surface area contributed by atoms with Crippen LogP contribution in [0.4, 0.5) is 10.5 Å². The highest BCUT2D eigenvalue weighted by atomic mass is 16.6. The summed E-state index contributed by atoms with van der Waals surface area (Å²) in [7, 11) is 0. The van der Waals surface area contributed by atoms with E-state index in [1.54, 1.807) is 33.0 Å². The second-order valence-electron chi connectivity index (χ2n) is 7.76. The summed E-state index contributed by atoms with van der Waals surface area (Å²) in [6.45, 7) is 7.29. The molecule has 0 radical (unpaired) electrons. The van der Waals surface area contributed by atoms with E-state index >= 15 is 0 Å². The molecule has 2 amide bonds. The van der Waals surface area contributed by atoms with E-state index in [0.717, 1.165) is 18.5 Å². The first-order valence-electron chi connectivity index (χ1n) is 8.96. The van der Waals surface area contributed by atoms with E-state index in [1.807, 2.05) is 13.0 Å². The zero-order valence-electron chi connectivity index (χ0n) is 15.6. The molecule has 1 aliphatic rings. The molecule has 1 aromatic rings. The maximum absolute atomic E-state index is 12.7. The summed E-state index contributed by atoms with van der Waals surface area (Å²) in [6, 6.07) is 3.03. The summed E-state index contributed by atoms with van der Waals surface area (Å²) in [5.74, 6) is 0.227. The molecule has 1 unspecified atom stereocenters. The van der Waals surface area contributed by atoms with E-state index < -0.39 is 17.7 Å². The van der Waals surface area contributed by atoms with E-state index in [2.05, 4.69) is 15.6 Å². The van der Waals surface area contributed by atoms with Gasteiger partial charge in [0.25, 0.3) is 0 Å². The largest absolute Gasteiger partial charge is 0.444 e. The van der Waals surface area contributed by atoms with Crippen LogP contribution in [0.1, 0.15) is 58.6 Å². The van der Waals surface area contributed by atoms with Gasteiger partial charge >= 0.3 is 6.09 Å². The van der Waals surface area contributed by atoms with E-state index in [0.29, 0.717) is 18.0 Å². The van der Waals surface area contributed by atoms with Crippen LogP contribution in [0.25, 0.3) is 0 Å². The Hall–Kier alpha value is -2.11. The number of nitrogens with one attached hydrogen (secondary N) is 2. The number of nitrogens with zero attached hydrogens (tertiary/aromatic N) is 1. The summed E-state index contributed by atoms with van der Waals surface area (Å²) < 4.78 is 5.31. The van der Waals surface area contributed by atoms with Crippen LogP contribution in [0, 0.1) is 12.8 Å². The Morgan fingerprint density at radius 2 is 1.96 bits per heavy atom. The van der Waals surface area contributed by atoms with Crippen LogP contribution in [-0.2, 0) is 9.53 Å². The lowest BCUT2D eigenvalue weighted by Crippen LogP contribution is -2.46. The molecule has 0 spiro atoms. The summed E-state index contributed by atoms with van der Waals surface area (Å²) in [5.41, 5.74) is 0.907. The predicted molar refractivity (Wildman–Crippen MR) is 97.3 cm³/mol. The van der Waals surface area contributed by atoms with Crippen molar-refractivity contribution in [1.82, 2.24) is 10.3 Å². The first-order valence-corrected chi connectivity index (χ1v) is 8.96. The maximum Gasteiger partial charge on any atom is 0.408 e. The molecular weight excluding hydrogens is 318 g/mol. The molecule has 1 atom stereocenters. The number of aryl methyl sites for hydroxylation is 1. The standard InChI is InChI=1S/C19H29N3O3/c1-13-9-10-15(12-20-13)21-17(23)16(11-14-7-5-6-8-14)22-18(24)25-19(2,3)4/h9-10,12,14,16H,5-8,11H2,1-4H3,(H,21,23)(H,22,24). The van der Waals surface area contributed by atoms with Crippen molar-refractivity contribution in [2.45, 2.75) is 71.4 Å². The smallest absolute Gasteiger partial charge is 0.408 e. The van der Waals surface area contributed by atoms with E-state index in [9.17, 15) is 9.59 Å². The topological polar surface area (TPSA) is 80.3 Å². The molecule has 25 heavy (non-hydrogen) atoms. The number of carbonyl (C=O) groups is 2. The Kier molecular flexibility index (Phi) is 6.39. The fourth-order valence-electron chi connectivity index (χ4n) is 3.03. The van der Waals surface area contributed by atoms with Gasteiger partial charge in [0.05, 0.1) is 11.9 Å². The molecular formula is C19H29N3O3. The lowest BCUT2D eigenvalue weighted by molar-refractivity contribution is -0.118. The zero-order chi connectivity index (χ0) is 18.4. The fourth-order valence-corrected chi connectivity index (χ4v) is 3.03. The quantitative estimate of drug-likeness (QED) is 0.849. The summed E-state index contributed by atoms with van der Waals surface area (Å²) >= 11 is 0. The van der Waals surface area contributed by atoms with Crippen molar-refractivity contribution in [3.8, 4) is 0 Å². The van der Waals surface area contributed by atoms with Gasteiger partial charge < -0.3 is 15.4 Å². The minimum atomic E-state index is -0.612. The minimum Gasteiger partial charge on any atom is -0.444 e. The van der Waals surface area contributed by atoms with Crippen LogP contribution in [0.2, 0.25) is 0 Å². The van der Waals surface area contributed by atoms with Crippen molar-refractivity contribution < 1.29 is 14.3 Å². The van der Waals surface area contributed by atoms with Gasteiger partial charge in [-0.05, 0) is 52.2 Å². The highest BCUT2D eigenvalue weighted by molar-refractivity contribution is 5.96. The number of alkyl carbamates (subject to hydrolysis) is 1. The van der Waals surface area contributed by atoms with Gasteiger partial charge in [0.1, 0.15) is 11.6 Å². The van der Waals surface area contributed by atoms with E-state index in [1.165, 1.54) is 12.8 Å². The van der Waals surface area contributed by atoms with Crippen molar-refractivity contribution in [3.05, 3.63) is 24.0 Å². The van der Waals surface area contributed by atoms with Gasteiger partial charge in [-0.15, -0.1) is 0 Å². The SMILES string of the molecule is Cc1ccc(NC(=O)C(CC2CCCC2)NC(=O)OC(C)(C)C)cn1. The van der Waals surface area contributed by atoms with Crippen molar-refractivity contribution in [1.29, 1.82) is 0 Å². The van der Waals surface area contributed by atoms with Gasteiger partial charge in [-0.25, -0.2) is 4.79 Å². The third kappa shape index (κ3) is 6.72. The molecule has 1 heterocycles. The van der Waals surface area contributed by atoms with Gasteiger partial charge in [0, 0.05) is 5.69 Å². The fraction of sp³-hybridized carbons (Fsp3) is 0.632. The lowest BCUT2D eigenvalue weighted by atomic mass is 9.98. The third-order valence-corrected chi connectivity index (χ3v) is 4.23. The number of aromatic nitrogens is 1. The molecule has 0 aliphatic heterocycles. The van der Waals surface area contributed by atoms with Crippen molar-refractivity contribution in [3.63, 3.8) is 0 Å². The van der Waals surface area contributed by atoms with Gasteiger partial charge in [0.2, 0.25) is 5.91 Å². The number of hydrogen-bond acceptors (Lipinski definition) is 4. The van der Waals surface area contributed by atoms with Crippen LogP contribution in [-0.4, -0.2) is 28.6 Å². The Morgan fingerprint density at radius 3 is 2.52 bits per heavy atom. The highest BCUT2D eigenvalue weighted by Crippen LogP contribution is 2.29. The summed E-state index contributed by atoms with van der Waals surface area (Å²) in [5, 5.41) is 5.58. The van der Waals surface area contributed by atoms with Gasteiger partial charge in [-0.1, -0.05) is 25.7 Å². The first-order chi connectivity index (χ1) is 11.7. The van der Waals surface area contributed by atoms with Crippen molar-refractivity contribution in [2.24, 2.45) is 5.92 Å². The normalized spacial score (nSPS) is 16.3. The first kappa shape index (κ1) is 19.2. The van der Waals surface area contributed by atoms with Crippen molar-refractivity contribution >= 4 is 17.7 Å². The Morgan fingerprint density at radius 1 is 1.28 bits per heavy atom. The molecule has 138 valence electrons. The Bertz CT molecular complexity index is 587. The molecule has 1 aliphatic carbocycles. The number of hydrogen-bond donors (Lipinski definition) is 2. The lowest BCUT2D eigenvalue weighted by Gasteiger charge is -2.24. The van der Waals surface area contributed by atoms with Crippen LogP contribution in [0.5, 0.6) is 0 Å². The third-order valence-electron chi connectivity index (χ3n) is 4.23. The molecule has 6 heteroatoms. The minimum absolute atomic E-state index is 0.233. The molecule has 2 rings (SSSR count). The Balaban J connectivity index is 2.02. The monoisotopic (exact) mass is 347 g/mol. The number of rotatable bonds is 5. The molecule has 1 fully saturated rings. The number of anilines is 1. The second-order valence-corrected chi connectivity index (χ2v) is 7.76. The average molecular weight is 347 g/mol. The van der Waals surface area contributed by atoms with Crippen LogP contribution in [0.3, 0.4) is 0 Å². The summed E-state index contributed by atoms with van der Waals surface area (Å²) in [4.78, 5) is 29.0. The molecule has 0 bridgehead atoms. The van der Waals surface area contributed by atoms with Crippen LogP contribution < -0.4 is 10.6 Å². The molecule has 0 aromatic carbocycles. The number of ether oxygens (including phenoxy) is 1. The van der Waals surface area contributed by atoms with Gasteiger partial charge in [-0.2, -0.15) is 0 Å². The zero-order valence-corrected chi connectivity index (χ0v) is 15.6. The molecule has 1 saturated carbocycles. The molecule has 0 saturated heterocycles. The van der Waals surface area contributed by atoms with Crippen molar-refractivity contribution in [2.75, 3.05) is 5.32 Å². The predicted octanol–water partition coefficient (Wildman–Crippen LogP) is 3.80. The van der Waals surface area contributed by atoms with Gasteiger partial charge in [0.15, 0.2) is 0 Å². The van der Waals surface area contributed by atoms with Crippen LogP contribution in [0.15, 0.2) is 18.3 Å². The van der Waals surface area contributed by atoms with E-state index in [-0.39, 0.29) is 5.91 Å². The summed E-state index contributed by atoms with van der Waals surface area (Å²) in [6.07, 6.45) is 6.27. The highest BCUT2D eigenvalue weighted by Gasteiger charge is 2.28.